The van der Waals surface area contributed by atoms with Gasteiger partial charge >= 0.3 is 0 Å². The van der Waals surface area contributed by atoms with Crippen LogP contribution in [0.1, 0.15) is 11.1 Å². The van der Waals surface area contributed by atoms with E-state index in [-0.39, 0.29) is 0 Å². The molecule has 2 nitrogen and oxygen atoms in total. The van der Waals surface area contributed by atoms with Gasteiger partial charge in [0.25, 0.3) is 0 Å². The van der Waals surface area contributed by atoms with Gasteiger partial charge < -0.3 is 5.73 Å². The number of nitriles is 1. The zero-order chi connectivity index (χ0) is 7.40. The average molecular weight is 131 g/mol. The monoisotopic (exact) mass is 131 g/mol. The molecule has 0 saturated carbocycles. The van der Waals surface area contributed by atoms with Crippen LogP contribution in [0, 0.1) is 17.9 Å². The van der Waals surface area contributed by atoms with Crippen molar-refractivity contribution in [2.45, 2.75) is 0 Å². The highest BCUT2D eigenvalue weighted by Crippen LogP contribution is 2.02. The lowest BCUT2D eigenvalue weighted by Crippen LogP contribution is -1.91. The Labute approximate surface area is 59.9 Å². The third-order valence-electron chi connectivity index (χ3n) is 1.23. The highest BCUT2D eigenvalue weighted by molar-refractivity contribution is 5.33. The van der Waals surface area contributed by atoms with Gasteiger partial charge in [0.05, 0.1) is 11.6 Å². The first-order chi connectivity index (χ1) is 4.86. The lowest BCUT2D eigenvalue weighted by molar-refractivity contribution is 1.34. The Morgan fingerprint density at radius 3 is 2.30 bits per heavy atom. The van der Waals surface area contributed by atoms with Crippen molar-refractivity contribution in [2.75, 3.05) is 0 Å². The Morgan fingerprint density at radius 2 is 1.90 bits per heavy atom. The van der Waals surface area contributed by atoms with E-state index < -0.39 is 0 Å². The van der Waals surface area contributed by atoms with Gasteiger partial charge in [0.15, 0.2) is 0 Å². The van der Waals surface area contributed by atoms with E-state index in [1.165, 1.54) is 6.54 Å². The fourth-order valence-electron chi connectivity index (χ4n) is 0.669. The van der Waals surface area contributed by atoms with Crippen molar-refractivity contribution in [3.8, 4) is 6.07 Å². The summed E-state index contributed by atoms with van der Waals surface area (Å²) in [5.41, 5.74) is 6.82. The van der Waals surface area contributed by atoms with Crippen LogP contribution in [0.25, 0.3) is 0 Å². The zero-order valence-corrected chi connectivity index (χ0v) is 5.41. The third kappa shape index (κ3) is 1.34. The summed E-state index contributed by atoms with van der Waals surface area (Å²) in [5, 5.41) is 8.41. The third-order valence-corrected chi connectivity index (χ3v) is 1.23. The first-order valence-corrected chi connectivity index (χ1v) is 2.92. The number of hydrogen-bond donors (Lipinski definition) is 1. The van der Waals surface area contributed by atoms with Crippen molar-refractivity contribution < 1.29 is 0 Å². The first kappa shape index (κ1) is 6.79. The second-order valence-corrected chi connectivity index (χ2v) is 1.90. The lowest BCUT2D eigenvalue weighted by atomic mass is 10.1. The molecule has 1 radical (unpaired) electrons. The maximum Gasteiger partial charge on any atom is 0.0991 e. The van der Waals surface area contributed by atoms with Crippen LogP contribution in [0.5, 0.6) is 0 Å². The van der Waals surface area contributed by atoms with Crippen molar-refractivity contribution in [2.24, 2.45) is 5.73 Å². The molecule has 0 spiro atoms. The minimum atomic E-state index is 0.658. The van der Waals surface area contributed by atoms with Gasteiger partial charge in [-0.15, -0.1) is 0 Å². The van der Waals surface area contributed by atoms with Crippen LogP contribution < -0.4 is 5.73 Å². The summed E-state index contributed by atoms with van der Waals surface area (Å²) in [4.78, 5) is 0. The molecular weight excluding hydrogens is 124 g/mol. The molecule has 0 aliphatic rings. The fraction of sp³-hybridized carbons (Fsp3) is 0. The smallest absolute Gasteiger partial charge is 0.0991 e. The topological polar surface area (TPSA) is 49.8 Å². The quantitative estimate of drug-likeness (QED) is 0.618. The summed E-state index contributed by atoms with van der Waals surface area (Å²) in [6, 6.07) is 9.10. The van der Waals surface area contributed by atoms with Gasteiger partial charge in [-0.2, -0.15) is 5.26 Å². The molecule has 2 N–H and O–H groups in total. The number of hydrogen-bond acceptors (Lipinski definition) is 2. The summed E-state index contributed by atoms with van der Waals surface area (Å²) in [6.07, 6.45) is 0. The number of rotatable bonds is 1. The largest absolute Gasteiger partial charge is 0.322 e. The molecular formula is C8H7N2. The van der Waals surface area contributed by atoms with Crippen LogP contribution in [-0.2, 0) is 0 Å². The van der Waals surface area contributed by atoms with Gasteiger partial charge in [-0.1, -0.05) is 12.1 Å². The van der Waals surface area contributed by atoms with Crippen LogP contribution in [0.2, 0.25) is 0 Å². The molecule has 0 heterocycles. The Kier molecular flexibility index (Phi) is 2.03. The fourth-order valence-corrected chi connectivity index (χ4v) is 0.669. The van der Waals surface area contributed by atoms with Crippen LogP contribution in [0.3, 0.4) is 0 Å². The van der Waals surface area contributed by atoms with Crippen molar-refractivity contribution in [1.82, 2.24) is 0 Å². The lowest BCUT2D eigenvalue weighted by Gasteiger charge is -1.92. The molecule has 2 heteroatoms. The van der Waals surface area contributed by atoms with Gasteiger partial charge in [0.2, 0.25) is 0 Å². The molecule has 10 heavy (non-hydrogen) atoms. The van der Waals surface area contributed by atoms with Crippen LogP contribution in [0.15, 0.2) is 24.3 Å². The Morgan fingerprint density at radius 1 is 1.30 bits per heavy atom. The summed E-state index contributed by atoms with van der Waals surface area (Å²) in [5.74, 6) is 0. The van der Waals surface area contributed by atoms with E-state index in [0.717, 1.165) is 5.56 Å². The summed E-state index contributed by atoms with van der Waals surface area (Å²) in [7, 11) is 0. The minimum absolute atomic E-state index is 0.658. The van der Waals surface area contributed by atoms with E-state index in [0.29, 0.717) is 5.56 Å². The van der Waals surface area contributed by atoms with Crippen molar-refractivity contribution in [1.29, 1.82) is 5.26 Å². The molecule has 0 aliphatic heterocycles. The second kappa shape index (κ2) is 3.00. The molecule has 0 aliphatic carbocycles. The van der Waals surface area contributed by atoms with E-state index in [1.54, 1.807) is 24.3 Å². The number of benzene rings is 1. The molecule has 0 unspecified atom stereocenters. The van der Waals surface area contributed by atoms with E-state index in [1.807, 2.05) is 6.07 Å². The van der Waals surface area contributed by atoms with E-state index >= 15 is 0 Å². The molecule has 49 valence electrons. The Hall–Kier alpha value is -1.33. The minimum Gasteiger partial charge on any atom is -0.322 e. The highest BCUT2D eigenvalue weighted by Gasteiger charge is 1.89. The predicted octanol–water partition coefficient (Wildman–Crippen LogP) is 1.03. The summed E-state index contributed by atoms with van der Waals surface area (Å²) >= 11 is 0. The van der Waals surface area contributed by atoms with E-state index in [9.17, 15) is 0 Å². The van der Waals surface area contributed by atoms with Crippen molar-refractivity contribution in [3.63, 3.8) is 0 Å². The van der Waals surface area contributed by atoms with Crippen LogP contribution >= 0.6 is 0 Å². The molecule has 1 rings (SSSR count). The van der Waals surface area contributed by atoms with Gasteiger partial charge in [0.1, 0.15) is 0 Å². The van der Waals surface area contributed by atoms with Crippen LogP contribution in [-0.4, -0.2) is 0 Å². The standard InChI is InChI=1S/C8H7N2/c9-5-7-1-2-8(6-10)4-3-7/h1-5H,9H2. The van der Waals surface area contributed by atoms with E-state index in [4.69, 9.17) is 11.0 Å². The maximum absolute atomic E-state index is 8.41. The second-order valence-electron chi connectivity index (χ2n) is 1.90. The zero-order valence-electron chi connectivity index (χ0n) is 5.41. The van der Waals surface area contributed by atoms with Gasteiger partial charge in [-0.05, 0) is 17.7 Å². The number of nitrogens with zero attached hydrogens (tertiary/aromatic N) is 1. The Bertz CT molecular complexity index is 243. The van der Waals surface area contributed by atoms with Crippen LogP contribution in [0.4, 0.5) is 0 Å². The molecule has 0 bridgehead atoms. The van der Waals surface area contributed by atoms with Gasteiger partial charge in [-0.3, -0.25) is 0 Å². The Balaban J connectivity index is 2.93. The van der Waals surface area contributed by atoms with Crippen molar-refractivity contribution >= 4 is 0 Å². The molecule has 1 aromatic carbocycles. The summed E-state index contributed by atoms with van der Waals surface area (Å²) < 4.78 is 0. The summed E-state index contributed by atoms with van der Waals surface area (Å²) in [6.45, 7) is 1.50. The molecule has 0 saturated heterocycles. The molecule has 0 atom stereocenters. The SMILES string of the molecule is N#Cc1ccc([CH]N)cc1. The first-order valence-electron chi connectivity index (χ1n) is 2.92. The maximum atomic E-state index is 8.41. The molecule has 0 aromatic heterocycles. The molecule has 0 amide bonds. The van der Waals surface area contributed by atoms with Crippen molar-refractivity contribution in [3.05, 3.63) is 41.9 Å². The highest BCUT2D eigenvalue weighted by atomic mass is 14.5. The normalized spacial score (nSPS) is 8.80. The van der Waals surface area contributed by atoms with E-state index in [2.05, 4.69) is 0 Å². The van der Waals surface area contributed by atoms with Gasteiger partial charge in [0, 0.05) is 6.54 Å². The molecule has 1 aromatic rings. The average Bonchev–Trinajstić information content (AvgIpc) is 2.05. The predicted molar refractivity (Wildman–Crippen MR) is 38.7 cm³/mol. The van der Waals surface area contributed by atoms with Gasteiger partial charge in [-0.25, -0.2) is 0 Å². The number of nitrogens with two attached hydrogens (primary N) is 1. The molecule has 0 fully saturated rings.